The van der Waals surface area contributed by atoms with Gasteiger partial charge in [0.1, 0.15) is 0 Å². The summed E-state index contributed by atoms with van der Waals surface area (Å²) in [5.74, 6) is 0. The van der Waals surface area contributed by atoms with Crippen LogP contribution in [0.15, 0.2) is 0 Å². The van der Waals surface area contributed by atoms with Crippen molar-refractivity contribution in [3.63, 3.8) is 0 Å². The molecule has 0 aromatic rings. The van der Waals surface area contributed by atoms with Crippen molar-refractivity contribution in [3.8, 4) is 0 Å². The number of halogens is 1. The summed E-state index contributed by atoms with van der Waals surface area (Å²) in [5, 5.41) is 3.08. The first kappa shape index (κ1) is 11.4. The van der Waals surface area contributed by atoms with E-state index >= 15 is 0 Å². The summed E-state index contributed by atoms with van der Waals surface area (Å²) in [7, 11) is 6.28. The van der Waals surface area contributed by atoms with Gasteiger partial charge in [-0.2, -0.15) is 0 Å². The molecular formula is C5H15IN2. The third-order valence-electron chi connectivity index (χ3n) is 0.875. The van der Waals surface area contributed by atoms with Crippen molar-refractivity contribution in [3.05, 3.63) is 0 Å². The minimum absolute atomic E-state index is 0. The fourth-order valence-corrected chi connectivity index (χ4v) is 0.375. The van der Waals surface area contributed by atoms with E-state index < -0.39 is 0 Å². The highest BCUT2D eigenvalue weighted by atomic mass is 127. The topological polar surface area (TPSA) is 16.5 Å². The van der Waals surface area contributed by atoms with Crippen LogP contribution in [0.5, 0.6) is 0 Å². The summed E-state index contributed by atoms with van der Waals surface area (Å²) < 4.78 is 0. The van der Waals surface area contributed by atoms with Gasteiger partial charge in [-0.05, 0) is 7.05 Å². The van der Waals surface area contributed by atoms with Crippen molar-refractivity contribution in [2.75, 3.05) is 34.2 Å². The number of hydrogen-bond donors (Lipinski definition) is 2. The average molecular weight is 230 g/mol. The van der Waals surface area contributed by atoms with Gasteiger partial charge >= 0.3 is 0 Å². The van der Waals surface area contributed by atoms with E-state index in [1.54, 1.807) is 0 Å². The summed E-state index contributed by atoms with van der Waals surface area (Å²) in [5.41, 5.74) is 0. The lowest BCUT2D eigenvalue weighted by Gasteiger charge is -2.04. The second kappa shape index (κ2) is 7.65. The van der Waals surface area contributed by atoms with Gasteiger partial charge in [0.2, 0.25) is 0 Å². The largest absolute Gasteiger partial charge is 1.00 e. The molecular weight excluding hydrogens is 215 g/mol. The third kappa shape index (κ3) is 9.82. The molecule has 0 bridgehead atoms. The summed E-state index contributed by atoms with van der Waals surface area (Å²) in [4.78, 5) is 1.49. The number of likely N-dealkylation sites (N-methyl/N-ethyl adjacent to an activating group) is 2. The van der Waals surface area contributed by atoms with E-state index in [0.717, 1.165) is 6.54 Å². The van der Waals surface area contributed by atoms with Gasteiger partial charge in [0, 0.05) is 6.54 Å². The Labute approximate surface area is 68.7 Å². The molecule has 0 aromatic heterocycles. The predicted octanol–water partition coefficient (Wildman–Crippen LogP) is -4.65. The van der Waals surface area contributed by atoms with Gasteiger partial charge in [-0.3, -0.25) is 0 Å². The van der Waals surface area contributed by atoms with Crippen LogP contribution in [0.4, 0.5) is 0 Å². The van der Waals surface area contributed by atoms with Crippen LogP contribution in [-0.4, -0.2) is 34.2 Å². The quantitative estimate of drug-likeness (QED) is 0.466. The lowest BCUT2D eigenvalue weighted by atomic mass is 10.6. The van der Waals surface area contributed by atoms with Crippen LogP contribution >= 0.6 is 0 Å². The summed E-state index contributed by atoms with van der Waals surface area (Å²) >= 11 is 0. The molecule has 0 spiro atoms. The van der Waals surface area contributed by atoms with Crippen LogP contribution in [0.3, 0.4) is 0 Å². The highest BCUT2D eigenvalue weighted by Crippen LogP contribution is 1.39. The Hall–Kier alpha value is 0.650. The monoisotopic (exact) mass is 230 g/mol. The number of rotatable bonds is 3. The SMILES string of the molecule is CNCC[NH+](C)C.[I-]. The molecule has 0 atom stereocenters. The smallest absolute Gasteiger partial charge is 0.0893 e. The van der Waals surface area contributed by atoms with Gasteiger partial charge in [-0.15, -0.1) is 0 Å². The molecule has 0 heterocycles. The van der Waals surface area contributed by atoms with E-state index in [1.807, 2.05) is 7.05 Å². The predicted molar refractivity (Wildman–Crippen MR) is 31.6 cm³/mol. The maximum Gasteiger partial charge on any atom is 0.0893 e. The van der Waals surface area contributed by atoms with E-state index in [0.29, 0.717) is 0 Å². The van der Waals surface area contributed by atoms with Crippen molar-refractivity contribution >= 4 is 0 Å². The molecule has 0 radical (unpaired) electrons. The molecule has 0 aliphatic rings. The van der Waals surface area contributed by atoms with Crippen molar-refractivity contribution in [2.24, 2.45) is 0 Å². The van der Waals surface area contributed by atoms with E-state index in [4.69, 9.17) is 0 Å². The van der Waals surface area contributed by atoms with Gasteiger partial charge in [0.25, 0.3) is 0 Å². The molecule has 3 heteroatoms. The molecule has 2 N–H and O–H groups in total. The Balaban J connectivity index is 0. The molecule has 0 rings (SSSR count). The molecule has 0 aliphatic carbocycles. The fourth-order valence-electron chi connectivity index (χ4n) is 0.375. The summed E-state index contributed by atoms with van der Waals surface area (Å²) in [6.07, 6.45) is 0. The third-order valence-corrected chi connectivity index (χ3v) is 0.875. The highest BCUT2D eigenvalue weighted by Gasteiger charge is 1.86. The van der Waals surface area contributed by atoms with Gasteiger partial charge in [0.05, 0.1) is 20.6 Å². The first-order valence-electron chi connectivity index (χ1n) is 2.71. The Morgan fingerprint density at radius 1 is 1.38 bits per heavy atom. The number of hydrogen-bond acceptors (Lipinski definition) is 1. The summed E-state index contributed by atoms with van der Waals surface area (Å²) in [6, 6.07) is 0. The molecule has 0 unspecified atom stereocenters. The van der Waals surface area contributed by atoms with Gasteiger partial charge < -0.3 is 34.2 Å². The summed E-state index contributed by atoms with van der Waals surface area (Å²) in [6.45, 7) is 2.32. The molecule has 52 valence electrons. The van der Waals surface area contributed by atoms with Crippen LogP contribution < -0.4 is 34.2 Å². The average Bonchev–Trinajstić information content (AvgIpc) is 1.61. The Morgan fingerprint density at radius 3 is 2.00 bits per heavy atom. The van der Waals surface area contributed by atoms with Crippen molar-refractivity contribution in [2.45, 2.75) is 0 Å². The van der Waals surface area contributed by atoms with E-state index in [2.05, 4.69) is 19.4 Å². The van der Waals surface area contributed by atoms with E-state index in [9.17, 15) is 0 Å². The first-order chi connectivity index (χ1) is 3.27. The lowest BCUT2D eigenvalue weighted by Crippen LogP contribution is -3.06. The van der Waals surface area contributed by atoms with Gasteiger partial charge in [0.15, 0.2) is 0 Å². The molecule has 0 saturated heterocycles. The molecule has 0 saturated carbocycles. The Morgan fingerprint density at radius 2 is 1.88 bits per heavy atom. The van der Waals surface area contributed by atoms with Gasteiger partial charge in [-0.1, -0.05) is 0 Å². The van der Waals surface area contributed by atoms with Crippen LogP contribution in [0.2, 0.25) is 0 Å². The molecule has 2 nitrogen and oxygen atoms in total. The van der Waals surface area contributed by atoms with Crippen LogP contribution in [-0.2, 0) is 0 Å². The standard InChI is InChI=1S/C5H14N2.HI/c1-6-4-5-7(2)3;/h6H,4-5H2,1-3H3;1H. The molecule has 8 heavy (non-hydrogen) atoms. The number of nitrogens with one attached hydrogen (secondary N) is 2. The molecule has 0 fully saturated rings. The Bertz CT molecular complexity index is 39.4. The lowest BCUT2D eigenvalue weighted by molar-refractivity contribution is -0.856. The number of quaternary nitrogens is 1. The molecule has 0 aromatic carbocycles. The van der Waals surface area contributed by atoms with Crippen LogP contribution in [0.1, 0.15) is 0 Å². The van der Waals surface area contributed by atoms with Crippen molar-refractivity contribution in [1.82, 2.24) is 5.32 Å². The minimum Gasteiger partial charge on any atom is -1.00 e. The zero-order valence-corrected chi connectivity index (χ0v) is 7.95. The zero-order chi connectivity index (χ0) is 5.70. The molecule has 0 aliphatic heterocycles. The normalized spacial score (nSPS) is 9.00. The van der Waals surface area contributed by atoms with Crippen LogP contribution in [0.25, 0.3) is 0 Å². The second-order valence-corrected chi connectivity index (χ2v) is 2.06. The maximum atomic E-state index is 3.08. The van der Waals surface area contributed by atoms with Gasteiger partial charge in [-0.25, -0.2) is 0 Å². The second-order valence-electron chi connectivity index (χ2n) is 2.06. The fraction of sp³-hybridized carbons (Fsp3) is 1.00. The van der Waals surface area contributed by atoms with E-state index in [-0.39, 0.29) is 24.0 Å². The zero-order valence-electron chi connectivity index (χ0n) is 5.79. The first-order valence-corrected chi connectivity index (χ1v) is 2.71. The minimum atomic E-state index is 0. The van der Waals surface area contributed by atoms with Crippen molar-refractivity contribution in [1.29, 1.82) is 0 Å². The Kier molecular flexibility index (Phi) is 10.9. The maximum absolute atomic E-state index is 3.08. The van der Waals surface area contributed by atoms with E-state index in [1.165, 1.54) is 11.4 Å². The highest BCUT2D eigenvalue weighted by molar-refractivity contribution is 4.28. The molecule has 0 amide bonds. The van der Waals surface area contributed by atoms with Crippen molar-refractivity contribution < 1.29 is 28.9 Å². The van der Waals surface area contributed by atoms with Crippen LogP contribution in [0, 0.1) is 0 Å².